The van der Waals surface area contributed by atoms with Crippen LogP contribution in [0.15, 0.2) is 69.1 Å². The molecule has 32 heavy (non-hydrogen) atoms. The van der Waals surface area contributed by atoms with Gasteiger partial charge >= 0.3 is 0 Å². The number of hydrogen-bond acceptors (Lipinski definition) is 7. The lowest BCUT2D eigenvalue weighted by atomic mass is 10.0. The van der Waals surface area contributed by atoms with Crippen molar-refractivity contribution in [2.75, 3.05) is 0 Å². The first-order valence-electron chi connectivity index (χ1n) is 9.84. The molecular formula is C23H17FN4O2S2. The molecule has 0 spiro atoms. The molecule has 0 saturated carbocycles. The van der Waals surface area contributed by atoms with Crippen molar-refractivity contribution in [2.24, 2.45) is 0 Å². The molecular weight excluding hydrogens is 447 g/mol. The molecule has 0 aliphatic rings. The van der Waals surface area contributed by atoms with Gasteiger partial charge in [-0.25, -0.2) is 9.37 Å². The van der Waals surface area contributed by atoms with Gasteiger partial charge in [0.15, 0.2) is 11.0 Å². The van der Waals surface area contributed by atoms with Crippen LogP contribution in [0.25, 0.3) is 21.3 Å². The molecule has 0 atom stereocenters. The zero-order valence-electron chi connectivity index (χ0n) is 17.0. The number of aromatic amines is 1. The van der Waals surface area contributed by atoms with E-state index in [-0.39, 0.29) is 11.4 Å². The van der Waals surface area contributed by atoms with Crippen molar-refractivity contribution in [3.63, 3.8) is 0 Å². The second kappa shape index (κ2) is 8.68. The van der Waals surface area contributed by atoms with Crippen molar-refractivity contribution in [2.45, 2.75) is 24.3 Å². The second-order valence-corrected chi connectivity index (χ2v) is 9.31. The van der Waals surface area contributed by atoms with E-state index in [2.05, 4.69) is 20.1 Å². The molecule has 0 unspecified atom stereocenters. The van der Waals surface area contributed by atoms with Gasteiger partial charge in [0.1, 0.15) is 10.6 Å². The molecule has 0 amide bonds. The van der Waals surface area contributed by atoms with Crippen molar-refractivity contribution in [1.82, 2.24) is 20.1 Å². The van der Waals surface area contributed by atoms with E-state index in [1.54, 1.807) is 12.1 Å². The summed E-state index contributed by atoms with van der Waals surface area (Å²) in [4.78, 5) is 26.3. The van der Waals surface area contributed by atoms with Crippen molar-refractivity contribution in [1.29, 1.82) is 0 Å². The molecule has 6 nitrogen and oxygen atoms in total. The van der Waals surface area contributed by atoms with Crippen LogP contribution in [0.5, 0.6) is 0 Å². The van der Waals surface area contributed by atoms with Crippen molar-refractivity contribution < 1.29 is 8.91 Å². The number of aryl methyl sites for hydroxylation is 1. The minimum absolute atomic E-state index is 0.225. The highest BCUT2D eigenvalue weighted by molar-refractivity contribution is 7.98. The molecule has 0 aliphatic carbocycles. The third-order valence-electron chi connectivity index (χ3n) is 4.90. The number of thioether (sulfide) groups is 1. The van der Waals surface area contributed by atoms with Gasteiger partial charge in [-0.2, -0.15) is 4.98 Å². The summed E-state index contributed by atoms with van der Waals surface area (Å²) in [5.41, 5.74) is 2.46. The van der Waals surface area contributed by atoms with Crippen LogP contribution >= 0.6 is 23.1 Å². The minimum atomic E-state index is -0.315. The molecule has 0 fully saturated rings. The predicted octanol–water partition coefficient (Wildman–Crippen LogP) is 5.37. The first-order valence-corrected chi connectivity index (χ1v) is 11.6. The van der Waals surface area contributed by atoms with E-state index in [1.807, 2.05) is 37.3 Å². The largest absolute Gasteiger partial charge is 0.338 e. The zero-order chi connectivity index (χ0) is 22.1. The third-order valence-corrected chi connectivity index (χ3v) is 6.75. The first kappa shape index (κ1) is 20.6. The van der Waals surface area contributed by atoms with Crippen LogP contribution in [0.2, 0.25) is 0 Å². The fourth-order valence-corrected chi connectivity index (χ4v) is 5.26. The van der Waals surface area contributed by atoms with Gasteiger partial charge in [-0.05, 0) is 30.2 Å². The summed E-state index contributed by atoms with van der Waals surface area (Å²) in [6.45, 7) is 1.93. The van der Waals surface area contributed by atoms with E-state index in [1.165, 1.54) is 35.2 Å². The number of benzene rings is 2. The monoisotopic (exact) mass is 464 g/mol. The Morgan fingerprint density at radius 1 is 1.09 bits per heavy atom. The van der Waals surface area contributed by atoms with E-state index < -0.39 is 0 Å². The lowest BCUT2D eigenvalue weighted by Crippen LogP contribution is -2.08. The number of hydrogen-bond donors (Lipinski definition) is 1. The Hall–Kier alpha value is -3.30. The molecule has 5 rings (SSSR count). The molecule has 0 saturated heterocycles. The number of halogens is 1. The number of nitrogens with one attached hydrogen (secondary N) is 1. The maximum atomic E-state index is 13.3. The van der Waals surface area contributed by atoms with Crippen LogP contribution in [0, 0.1) is 12.7 Å². The predicted molar refractivity (Wildman–Crippen MR) is 123 cm³/mol. The average molecular weight is 465 g/mol. The Kier molecular flexibility index (Phi) is 5.59. The molecule has 3 aromatic heterocycles. The highest BCUT2D eigenvalue weighted by atomic mass is 32.2. The minimum Gasteiger partial charge on any atom is -0.338 e. The summed E-state index contributed by atoms with van der Waals surface area (Å²) in [7, 11) is 0. The van der Waals surface area contributed by atoms with Crippen molar-refractivity contribution in [3.05, 3.63) is 92.9 Å². The van der Waals surface area contributed by atoms with Gasteiger partial charge in [0.25, 0.3) is 5.56 Å². The molecule has 0 bridgehead atoms. The number of thiophene rings is 1. The quantitative estimate of drug-likeness (QED) is 0.269. The number of fused-ring (bicyclic) bond motifs is 1. The molecule has 1 N–H and O–H groups in total. The van der Waals surface area contributed by atoms with Crippen LogP contribution < -0.4 is 5.56 Å². The highest BCUT2D eigenvalue weighted by Gasteiger charge is 2.17. The summed E-state index contributed by atoms with van der Waals surface area (Å²) in [5.74, 6) is 1.16. The summed E-state index contributed by atoms with van der Waals surface area (Å²) in [5, 5.41) is 5.03. The van der Waals surface area contributed by atoms with Crippen LogP contribution in [0.1, 0.15) is 22.2 Å². The van der Waals surface area contributed by atoms with E-state index in [0.717, 1.165) is 21.6 Å². The smallest absolute Gasteiger partial charge is 0.260 e. The Balaban J connectivity index is 1.36. The van der Waals surface area contributed by atoms with Gasteiger partial charge in [-0.15, -0.1) is 11.3 Å². The van der Waals surface area contributed by atoms with E-state index in [9.17, 15) is 9.18 Å². The summed E-state index contributed by atoms with van der Waals surface area (Å²) in [6.07, 6.45) is 0.594. The number of nitrogens with zero attached hydrogens (tertiary/aromatic N) is 3. The van der Waals surface area contributed by atoms with Crippen LogP contribution in [0.4, 0.5) is 4.39 Å². The van der Waals surface area contributed by atoms with Crippen LogP contribution in [0.3, 0.4) is 0 Å². The topological polar surface area (TPSA) is 84.7 Å². The number of rotatable bonds is 6. The van der Waals surface area contributed by atoms with Gasteiger partial charge in [0.2, 0.25) is 5.89 Å². The maximum Gasteiger partial charge on any atom is 0.260 e. The fraction of sp³-hybridized carbons (Fsp3) is 0.130. The lowest BCUT2D eigenvalue weighted by Gasteiger charge is -2.02. The van der Waals surface area contributed by atoms with Gasteiger partial charge in [0, 0.05) is 16.9 Å². The maximum absolute atomic E-state index is 13.3. The highest BCUT2D eigenvalue weighted by Crippen LogP contribution is 2.36. The molecule has 2 aromatic carbocycles. The molecule has 9 heteroatoms. The van der Waals surface area contributed by atoms with E-state index >= 15 is 0 Å². The van der Waals surface area contributed by atoms with E-state index in [4.69, 9.17) is 4.52 Å². The average Bonchev–Trinajstić information content (AvgIpc) is 3.37. The third kappa shape index (κ3) is 4.21. The molecule has 0 radical (unpaired) electrons. The van der Waals surface area contributed by atoms with Crippen molar-refractivity contribution >= 4 is 33.3 Å². The number of aromatic nitrogens is 4. The fourth-order valence-electron chi connectivity index (χ4n) is 3.46. The normalized spacial score (nSPS) is 11.3. The summed E-state index contributed by atoms with van der Waals surface area (Å²) < 4.78 is 18.7. The van der Waals surface area contributed by atoms with Gasteiger partial charge in [-0.1, -0.05) is 59.4 Å². The SMILES string of the molecule is Cc1sc2nc(SCc3nc(Cc4ccccc4)no3)[nH]c(=O)c2c1-c1ccc(F)cc1. The van der Waals surface area contributed by atoms with Crippen LogP contribution in [-0.4, -0.2) is 20.1 Å². The second-order valence-electron chi connectivity index (χ2n) is 7.15. The molecule has 3 heterocycles. The van der Waals surface area contributed by atoms with Gasteiger partial charge in [-0.3, -0.25) is 4.79 Å². The van der Waals surface area contributed by atoms with Gasteiger partial charge < -0.3 is 9.51 Å². The first-order chi connectivity index (χ1) is 15.6. The standard InChI is InChI=1S/C23H17FN4O2S2/c1-13-19(15-7-9-16(24)10-8-15)20-21(29)26-23(27-22(20)32-13)31-12-18-25-17(28-30-18)11-14-5-3-2-4-6-14/h2-10H,11-12H2,1H3,(H,26,27,29). The molecule has 160 valence electrons. The lowest BCUT2D eigenvalue weighted by molar-refractivity contribution is 0.385. The Morgan fingerprint density at radius 2 is 1.88 bits per heavy atom. The molecule has 0 aliphatic heterocycles. The summed E-state index contributed by atoms with van der Waals surface area (Å²) >= 11 is 2.77. The Labute approximate surface area is 190 Å². The zero-order valence-corrected chi connectivity index (χ0v) is 18.6. The molecule has 5 aromatic rings. The Morgan fingerprint density at radius 3 is 2.66 bits per heavy atom. The number of H-pyrrole nitrogens is 1. The van der Waals surface area contributed by atoms with E-state index in [0.29, 0.717) is 39.3 Å². The van der Waals surface area contributed by atoms with Crippen molar-refractivity contribution in [3.8, 4) is 11.1 Å². The van der Waals surface area contributed by atoms with Gasteiger partial charge in [0.05, 0.1) is 11.1 Å². The Bertz CT molecular complexity index is 1440. The van der Waals surface area contributed by atoms with Crippen LogP contribution in [-0.2, 0) is 12.2 Å². The summed E-state index contributed by atoms with van der Waals surface area (Å²) in [6, 6.07) is 16.1.